The standard InChI is InChI=1S/C24H22N2O4.C2H6/c25-12-15-2-1-3-16(8-15)17-5-7-22-21(9-17)19(13-29-22)14-30-23-11-20(26)6-4-18(23)10-24(27)28;1-2/h1-9,11,13H,10,12,14,25-26H2,(H,27,28);1-2H3. The third-order valence-electron chi connectivity index (χ3n) is 4.97. The Morgan fingerprint density at radius 2 is 1.78 bits per heavy atom. The van der Waals surface area contributed by atoms with Gasteiger partial charge in [-0.2, -0.15) is 0 Å². The molecule has 4 aromatic rings. The van der Waals surface area contributed by atoms with E-state index >= 15 is 0 Å². The molecule has 0 saturated carbocycles. The first kappa shape index (κ1) is 22.9. The highest BCUT2D eigenvalue weighted by Gasteiger charge is 2.12. The van der Waals surface area contributed by atoms with E-state index in [9.17, 15) is 4.79 Å². The molecule has 0 spiro atoms. The average molecular weight is 433 g/mol. The van der Waals surface area contributed by atoms with Gasteiger partial charge in [-0.05, 0) is 41.0 Å². The van der Waals surface area contributed by atoms with Crippen LogP contribution in [0.4, 0.5) is 5.69 Å². The third-order valence-corrected chi connectivity index (χ3v) is 4.97. The van der Waals surface area contributed by atoms with Gasteiger partial charge in [-0.25, -0.2) is 0 Å². The highest BCUT2D eigenvalue weighted by Crippen LogP contribution is 2.30. The molecule has 0 radical (unpaired) electrons. The van der Waals surface area contributed by atoms with E-state index < -0.39 is 5.97 Å². The van der Waals surface area contributed by atoms with Crippen molar-refractivity contribution in [2.75, 3.05) is 5.73 Å². The van der Waals surface area contributed by atoms with E-state index in [0.717, 1.165) is 33.2 Å². The quantitative estimate of drug-likeness (QED) is 0.338. The van der Waals surface area contributed by atoms with Gasteiger partial charge in [0.1, 0.15) is 17.9 Å². The summed E-state index contributed by atoms with van der Waals surface area (Å²) in [7, 11) is 0. The second-order valence-corrected chi connectivity index (χ2v) is 7.10. The fraction of sp³-hybridized carbons (Fsp3) is 0.192. The van der Waals surface area contributed by atoms with Crippen molar-refractivity contribution in [1.29, 1.82) is 0 Å². The van der Waals surface area contributed by atoms with Crippen molar-refractivity contribution in [3.63, 3.8) is 0 Å². The summed E-state index contributed by atoms with van der Waals surface area (Å²) in [4.78, 5) is 11.1. The van der Waals surface area contributed by atoms with Gasteiger partial charge in [0.05, 0.1) is 12.7 Å². The number of nitrogens with two attached hydrogens (primary N) is 2. The summed E-state index contributed by atoms with van der Waals surface area (Å²) in [6.07, 6.45) is 1.53. The number of hydrogen-bond acceptors (Lipinski definition) is 5. The van der Waals surface area contributed by atoms with Gasteiger partial charge in [0.25, 0.3) is 0 Å². The Morgan fingerprint density at radius 3 is 2.53 bits per heavy atom. The highest BCUT2D eigenvalue weighted by molar-refractivity contribution is 5.86. The summed E-state index contributed by atoms with van der Waals surface area (Å²) in [5.41, 5.74) is 17.5. The third kappa shape index (κ3) is 5.28. The molecule has 166 valence electrons. The number of rotatable bonds is 7. The van der Waals surface area contributed by atoms with Gasteiger partial charge >= 0.3 is 5.97 Å². The van der Waals surface area contributed by atoms with Crippen LogP contribution in [0.5, 0.6) is 5.75 Å². The molecule has 6 nitrogen and oxygen atoms in total. The maximum absolute atomic E-state index is 11.1. The van der Waals surface area contributed by atoms with Gasteiger partial charge in [-0.3, -0.25) is 4.79 Å². The number of carboxylic acid groups (broad SMARTS) is 1. The predicted octanol–water partition coefficient (Wildman–Crippen LogP) is 5.37. The van der Waals surface area contributed by atoms with E-state index in [4.69, 9.17) is 25.7 Å². The first-order valence-corrected chi connectivity index (χ1v) is 10.6. The van der Waals surface area contributed by atoms with E-state index in [1.165, 1.54) is 0 Å². The Kier molecular flexibility index (Phi) is 7.52. The summed E-state index contributed by atoms with van der Waals surface area (Å²) in [6, 6.07) is 19.1. The molecular weight excluding hydrogens is 404 g/mol. The normalized spacial score (nSPS) is 10.5. The largest absolute Gasteiger partial charge is 0.488 e. The minimum absolute atomic E-state index is 0.136. The van der Waals surface area contributed by atoms with Gasteiger partial charge in [0.2, 0.25) is 0 Å². The Balaban J connectivity index is 0.00000141. The number of carbonyl (C=O) groups is 1. The molecule has 1 heterocycles. The number of benzene rings is 3. The number of hydrogen-bond donors (Lipinski definition) is 3. The van der Waals surface area contributed by atoms with E-state index in [0.29, 0.717) is 23.5 Å². The Bertz CT molecular complexity index is 1210. The van der Waals surface area contributed by atoms with Crippen LogP contribution in [0.2, 0.25) is 0 Å². The summed E-state index contributed by atoms with van der Waals surface area (Å²) < 4.78 is 11.6. The van der Waals surface area contributed by atoms with Crippen molar-refractivity contribution in [3.8, 4) is 16.9 Å². The number of ether oxygens (including phenoxy) is 1. The molecule has 0 saturated heterocycles. The van der Waals surface area contributed by atoms with E-state index in [2.05, 4.69) is 12.1 Å². The summed E-state index contributed by atoms with van der Waals surface area (Å²) >= 11 is 0. The van der Waals surface area contributed by atoms with Crippen LogP contribution < -0.4 is 16.2 Å². The fourth-order valence-corrected chi connectivity index (χ4v) is 3.42. The summed E-state index contributed by atoms with van der Waals surface area (Å²) in [5, 5.41) is 10.1. The molecule has 0 fully saturated rings. The first-order chi connectivity index (χ1) is 15.5. The monoisotopic (exact) mass is 432 g/mol. The lowest BCUT2D eigenvalue weighted by Crippen LogP contribution is -2.04. The maximum atomic E-state index is 11.1. The lowest BCUT2D eigenvalue weighted by atomic mass is 10.0. The zero-order valence-corrected chi connectivity index (χ0v) is 18.3. The van der Waals surface area contributed by atoms with Crippen LogP contribution in [0.1, 0.15) is 30.5 Å². The molecule has 0 amide bonds. The van der Waals surface area contributed by atoms with Gasteiger partial charge in [0, 0.05) is 34.8 Å². The Morgan fingerprint density at radius 1 is 1.00 bits per heavy atom. The SMILES string of the molecule is CC.NCc1cccc(-c2ccc3occ(COc4cc(N)ccc4CC(=O)O)c3c2)c1. The van der Waals surface area contributed by atoms with Gasteiger partial charge in [-0.15, -0.1) is 0 Å². The van der Waals surface area contributed by atoms with Crippen molar-refractivity contribution < 1.29 is 19.1 Å². The number of furan rings is 1. The molecule has 0 bridgehead atoms. The number of carboxylic acids is 1. The number of anilines is 1. The summed E-state index contributed by atoms with van der Waals surface area (Å²) in [6.45, 7) is 4.72. The first-order valence-electron chi connectivity index (χ1n) is 10.6. The summed E-state index contributed by atoms with van der Waals surface area (Å²) in [5.74, 6) is -0.471. The second-order valence-electron chi connectivity index (χ2n) is 7.10. The van der Waals surface area contributed by atoms with Crippen molar-refractivity contribution in [2.45, 2.75) is 33.4 Å². The molecule has 5 N–H and O–H groups in total. The molecule has 32 heavy (non-hydrogen) atoms. The number of fused-ring (bicyclic) bond motifs is 1. The van der Waals surface area contributed by atoms with Crippen molar-refractivity contribution in [1.82, 2.24) is 0 Å². The molecule has 0 aliphatic carbocycles. The number of aliphatic carboxylic acids is 1. The molecular formula is C26H28N2O4. The number of nitrogen functional groups attached to an aromatic ring is 1. The molecule has 3 aromatic carbocycles. The van der Waals surface area contributed by atoms with E-state index in [1.807, 2.05) is 44.2 Å². The molecule has 0 atom stereocenters. The molecule has 0 unspecified atom stereocenters. The topological polar surface area (TPSA) is 112 Å². The van der Waals surface area contributed by atoms with Crippen LogP contribution in [0.25, 0.3) is 22.1 Å². The molecule has 6 heteroatoms. The second kappa shape index (κ2) is 10.5. The van der Waals surface area contributed by atoms with Gasteiger partial charge in [-0.1, -0.05) is 44.2 Å². The van der Waals surface area contributed by atoms with E-state index in [-0.39, 0.29) is 13.0 Å². The molecule has 1 aromatic heterocycles. The van der Waals surface area contributed by atoms with Crippen LogP contribution in [0.3, 0.4) is 0 Å². The van der Waals surface area contributed by atoms with Crippen LogP contribution in [-0.4, -0.2) is 11.1 Å². The van der Waals surface area contributed by atoms with Crippen molar-refractivity contribution in [3.05, 3.63) is 83.6 Å². The lowest BCUT2D eigenvalue weighted by molar-refractivity contribution is -0.136. The Hall–Kier alpha value is -3.77. The zero-order valence-electron chi connectivity index (χ0n) is 18.3. The average Bonchev–Trinajstić information content (AvgIpc) is 3.22. The van der Waals surface area contributed by atoms with Crippen LogP contribution >= 0.6 is 0 Å². The van der Waals surface area contributed by atoms with Crippen molar-refractivity contribution in [2.24, 2.45) is 5.73 Å². The fourth-order valence-electron chi connectivity index (χ4n) is 3.42. The zero-order chi connectivity index (χ0) is 23.1. The highest BCUT2D eigenvalue weighted by atomic mass is 16.5. The van der Waals surface area contributed by atoms with Gasteiger partial charge in [0.15, 0.2) is 0 Å². The van der Waals surface area contributed by atoms with E-state index in [1.54, 1.807) is 24.5 Å². The predicted molar refractivity (Wildman–Crippen MR) is 127 cm³/mol. The van der Waals surface area contributed by atoms with Gasteiger partial charge < -0.3 is 25.7 Å². The molecule has 0 aliphatic rings. The van der Waals surface area contributed by atoms with Crippen molar-refractivity contribution >= 4 is 22.6 Å². The lowest BCUT2D eigenvalue weighted by Gasteiger charge is -2.11. The van der Waals surface area contributed by atoms with Crippen LogP contribution in [-0.2, 0) is 24.4 Å². The molecule has 0 aliphatic heterocycles. The van der Waals surface area contributed by atoms with Crippen LogP contribution in [0.15, 0.2) is 71.3 Å². The van der Waals surface area contributed by atoms with Crippen LogP contribution in [0, 0.1) is 0 Å². The minimum Gasteiger partial charge on any atom is -0.488 e. The molecule has 4 rings (SSSR count). The maximum Gasteiger partial charge on any atom is 0.307 e. The smallest absolute Gasteiger partial charge is 0.307 e. The minimum atomic E-state index is -0.928. The Labute approximate surface area is 187 Å².